The van der Waals surface area contributed by atoms with E-state index in [2.05, 4.69) is 0 Å². The van der Waals surface area contributed by atoms with Crippen molar-refractivity contribution in [3.05, 3.63) is 54.1 Å². The summed E-state index contributed by atoms with van der Waals surface area (Å²) in [6.45, 7) is 0. The van der Waals surface area contributed by atoms with Crippen LogP contribution in [0.5, 0.6) is 0 Å². The molecule has 0 spiro atoms. The summed E-state index contributed by atoms with van der Waals surface area (Å²) in [6.07, 6.45) is 4.36. The van der Waals surface area contributed by atoms with E-state index in [9.17, 15) is 9.90 Å². The standard InChI is InChI=1S/C13H13NO3/c14-11-8-10(9-4-2-1-3-5-9)6-7-13(11,17)12(15)16/h1-8,11,17H,14H2,(H,15,16). The molecule has 0 fully saturated rings. The fourth-order valence-electron chi connectivity index (χ4n) is 1.74. The largest absolute Gasteiger partial charge is 0.479 e. The molecule has 0 saturated heterocycles. The Bertz CT molecular complexity index is 493. The molecule has 2 rings (SSSR count). The Morgan fingerprint density at radius 3 is 2.47 bits per heavy atom. The molecule has 1 aliphatic rings. The van der Waals surface area contributed by atoms with Gasteiger partial charge in [0.2, 0.25) is 0 Å². The van der Waals surface area contributed by atoms with E-state index in [0.29, 0.717) is 0 Å². The van der Waals surface area contributed by atoms with E-state index < -0.39 is 17.6 Å². The van der Waals surface area contributed by atoms with Crippen LogP contribution in [0.3, 0.4) is 0 Å². The minimum absolute atomic E-state index is 0.809. The molecule has 4 heteroatoms. The van der Waals surface area contributed by atoms with E-state index in [1.807, 2.05) is 30.3 Å². The first-order valence-corrected chi connectivity index (χ1v) is 5.22. The molecule has 0 aliphatic heterocycles. The average Bonchev–Trinajstić information content (AvgIpc) is 2.33. The van der Waals surface area contributed by atoms with Gasteiger partial charge >= 0.3 is 5.97 Å². The first-order valence-electron chi connectivity index (χ1n) is 5.22. The Morgan fingerprint density at radius 1 is 1.29 bits per heavy atom. The predicted octanol–water partition coefficient (Wildman–Crippen LogP) is 0.783. The molecule has 1 aromatic carbocycles. The number of aliphatic hydroxyl groups is 1. The van der Waals surface area contributed by atoms with Gasteiger partial charge in [0.1, 0.15) is 0 Å². The monoisotopic (exact) mass is 231 g/mol. The van der Waals surface area contributed by atoms with Gasteiger partial charge in [0, 0.05) is 0 Å². The lowest BCUT2D eigenvalue weighted by Gasteiger charge is -2.28. The van der Waals surface area contributed by atoms with Crippen molar-refractivity contribution < 1.29 is 15.0 Å². The van der Waals surface area contributed by atoms with Crippen molar-refractivity contribution in [2.75, 3.05) is 0 Å². The smallest absolute Gasteiger partial charge is 0.341 e. The second kappa shape index (κ2) is 4.16. The fourth-order valence-corrected chi connectivity index (χ4v) is 1.74. The van der Waals surface area contributed by atoms with Crippen LogP contribution in [-0.2, 0) is 4.79 Å². The van der Waals surface area contributed by atoms with Gasteiger partial charge in [0.15, 0.2) is 5.60 Å². The van der Waals surface area contributed by atoms with Crippen molar-refractivity contribution in [1.29, 1.82) is 0 Å². The second-order valence-corrected chi connectivity index (χ2v) is 3.98. The molecule has 1 aromatic rings. The predicted molar refractivity (Wildman–Crippen MR) is 64.1 cm³/mol. The van der Waals surface area contributed by atoms with Crippen LogP contribution >= 0.6 is 0 Å². The summed E-state index contributed by atoms with van der Waals surface area (Å²) in [4.78, 5) is 10.9. The summed E-state index contributed by atoms with van der Waals surface area (Å²) in [5, 5.41) is 18.7. The first-order chi connectivity index (χ1) is 8.04. The maximum atomic E-state index is 10.9. The van der Waals surface area contributed by atoms with Gasteiger partial charge in [-0.3, -0.25) is 0 Å². The van der Waals surface area contributed by atoms with Crippen molar-refractivity contribution in [3.8, 4) is 0 Å². The van der Waals surface area contributed by atoms with Crippen molar-refractivity contribution in [2.24, 2.45) is 5.73 Å². The van der Waals surface area contributed by atoms with Crippen molar-refractivity contribution in [2.45, 2.75) is 11.6 Å². The number of rotatable bonds is 2. The molecule has 0 bridgehead atoms. The van der Waals surface area contributed by atoms with Crippen LogP contribution in [0.1, 0.15) is 5.56 Å². The van der Waals surface area contributed by atoms with Crippen LogP contribution in [0.25, 0.3) is 5.57 Å². The molecule has 0 saturated carbocycles. The Hall–Kier alpha value is -1.91. The highest BCUT2D eigenvalue weighted by molar-refractivity contribution is 5.86. The summed E-state index contributed by atoms with van der Waals surface area (Å²) in [5.41, 5.74) is 5.41. The van der Waals surface area contributed by atoms with Gasteiger partial charge in [0.25, 0.3) is 0 Å². The molecule has 0 radical (unpaired) electrons. The molecule has 2 unspecified atom stereocenters. The molecule has 1 aliphatic carbocycles. The van der Waals surface area contributed by atoms with Crippen LogP contribution in [-0.4, -0.2) is 27.8 Å². The molecule has 0 heterocycles. The molecular formula is C13H13NO3. The molecule has 17 heavy (non-hydrogen) atoms. The van der Waals surface area contributed by atoms with Gasteiger partial charge in [-0.1, -0.05) is 42.5 Å². The van der Waals surface area contributed by atoms with Crippen LogP contribution in [0.2, 0.25) is 0 Å². The quantitative estimate of drug-likeness (QED) is 0.702. The van der Waals surface area contributed by atoms with Gasteiger partial charge in [-0.2, -0.15) is 0 Å². The van der Waals surface area contributed by atoms with Gasteiger partial charge in [-0.15, -0.1) is 0 Å². The minimum Gasteiger partial charge on any atom is -0.479 e. The fraction of sp³-hybridized carbons (Fsp3) is 0.154. The highest BCUT2D eigenvalue weighted by Crippen LogP contribution is 2.26. The van der Waals surface area contributed by atoms with E-state index in [4.69, 9.17) is 10.8 Å². The first kappa shape index (κ1) is 11.6. The van der Waals surface area contributed by atoms with Gasteiger partial charge in [0.05, 0.1) is 6.04 Å². The third kappa shape index (κ3) is 2.00. The maximum Gasteiger partial charge on any atom is 0.341 e. The van der Waals surface area contributed by atoms with Gasteiger partial charge < -0.3 is 15.9 Å². The number of carbonyl (C=O) groups is 1. The molecule has 2 atom stereocenters. The third-order valence-corrected chi connectivity index (χ3v) is 2.83. The van der Waals surface area contributed by atoms with Crippen LogP contribution in [0, 0.1) is 0 Å². The van der Waals surface area contributed by atoms with E-state index in [1.54, 1.807) is 12.2 Å². The summed E-state index contributed by atoms with van der Waals surface area (Å²) in [6, 6.07) is 8.49. The molecule has 0 amide bonds. The molecule has 88 valence electrons. The van der Waals surface area contributed by atoms with E-state index >= 15 is 0 Å². The van der Waals surface area contributed by atoms with Crippen molar-refractivity contribution >= 4 is 11.5 Å². The zero-order valence-electron chi connectivity index (χ0n) is 9.08. The number of hydrogen-bond donors (Lipinski definition) is 3. The number of aliphatic carboxylic acids is 1. The van der Waals surface area contributed by atoms with E-state index in [1.165, 1.54) is 6.08 Å². The summed E-state index contributed by atoms with van der Waals surface area (Å²) >= 11 is 0. The number of carboxylic acids is 1. The number of hydrogen-bond acceptors (Lipinski definition) is 3. The van der Waals surface area contributed by atoms with Crippen molar-refractivity contribution in [1.82, 2.24) is 0 Å². The van der Waals surface area contributed by atoms with Gasteiger partial charge in [-0.25, -0.2) is 4.79 Å². The summed E-state index contributed by atoms with van der Waals surface area (Å²) in [7, 11) is 0. The lowest BCUT2D eigenvalue weighted by Crippen LogP contribution is -2.52. The molecule has 0 aromatic heterocycles. The maximum absolute atomic E-state index is 10.9. The number of nitrogens with two attached hydrogens (primary N) is 1. The Morgan fingerprint density at radius 2 is 1.94 bits per heavy atom. The zero-order chi connectivity index (χ0) is 12.5. The average molecular weight is 231 g/mol. The molecular weight excluding hydrogens is 218 g/mol. The van der Waals surface area contributed by atoms with Gasteiger partial charge in [-0.05, 0) is 17.2 Å². The summed E-state index contributed by atoms with van der Waals surface area (Å²) in [5.74, 6) is -1.34. The lowest BCUT2D eigenvalue weighted by molar-refractivity contribution is -0.154. The Kier molecular flexibility index (Phi) is 2.83. The normalized spacial score (nSPS) is 27.6. The molecule has 4 nitrogen and oxygen atoms in total. The lowest BCUT2D eigenvalue weighted by atomic mass is 9.86. The second-order valence-electron chi connectivity index (χ2n) is 3.98. The van der Waals surface area contributed by atoms with Crippen LogP contribution in [0.15, 0.2) is 48.6 Å². The number of carboxylic acid groups (broad SMARTS) is 1. The zero-order valence-corrected chi connectivity index (χ0v) is 9.08. The van der Waals surface area contributed by atoms with E-state index in [-0.39, 0.29) is 0 Å². The van der Waals surface area contributed by atoms with Crippen molar-refractivity contribution in [3.63, 3.8) is 0 Å². The highest BCUT2D eigenvalue weighted by Gasteiger charge is 2.40. The molecule has 4 N–H and O–H groups in total. The van der Waals surface area contributed by atoms with Crippen LogP contribution in [0.4, 0.5) is 0 Å². The third-order valence-electron chi connectivity index (χ3n) is 2.83. The minimum atomic E-state index is -2.02. The number of allylic oxidation sites excluding steroid dienone is 2. The van der Waals surface area contributed by atoms with E-state index in [0.717, 1.165) is 11.1 Å². The SMILES string of the molecule is NC1C=C(c2ccccc2)C=CC1(O)C(=O)O. The number of benzene rings is 1. The van der Waals surface area contributed by atoms with Crippen LogP contribution < -0.4 is 5.73 Å². The Labute approximate surface area is 98.7 Å². The highest BCUT2D eigenvalue weighted by atomic mass is 16.4. The topological polar surface area (TPSA) is 83.5 Å². The Balaban J connectivity index is 2.34. The summed E-state index contributed by atoms with van der Waals surface area (Å²) < 4.78 is 0.